The van der Waals surface area contributed by atoms with Crippen molar-refractivity contribution < 1.29 is 19.4 Å². The molecule has 4 heteroatoms. The highest BCUT2D eigenvalue weighted by atomic mass is 16.5. The van der Waals surface area contributed by atoms with E-state index in [0.29, 0.717) is 12.8 Å². The zero-order valence-corrected chi connectivity index (χ0v) is 14.9. The normalized spacial score (nSPS) is 50.2. The molecule has 1 heterocycles. The third-order valence-corrected chi connectivity index (χ3v) is 7.75. The van der Waals surface area contributed by atoms with Crippen LogP contribution in [0, 0.1) is 22.7 Å². The zero-order chi connectivity index (χ0) is 17.5. The summed E-state index contributed by atoms with van der Waals surface area (Å²) in [6, 6.07) is 0. The molecule has 0 unspecified atom stereocenters. The second-order valence-corrected chi connectivity index (χ2v) is 9.28. The molecule has 4 saturated carbocycles. The van der Waals surface area contributed by atoms with Gasteiger partial charge < -0.3 is 9.84 Å². The van der Waals surface area contributed by atoms with Crippen LogP contribution < -0.4 is 0 Å². The molecule has 5 aliphatic rings. The Morgan fingerprint density at radius 2 is 1.92 bits per heavy atom. The first kappa shape index (κ1) is 16.5. The van der Waals surface area contributed by atoms with Crippen LogP contribution in [-0.2, 0) is 14.3 Å². The van der Waals surface area contributed by atoms with E-state index in [2.05, 4.69) is 13.5 Å². The summed E-state index contributed by atoms with van der Waals surface area (Å²) in [6.07, 6.45) is 3.43. The molecular formula is C20H28O4. The van der Waals surface area contributed by atoms with Gasteiger partial charge in [-0.05, 0) is 57.3 Å². The van der Waals surface area contributed by atoms with Crippen molar-refractivity contribution in [1.82, 2.24) is 0 Å². The lowest BCUT2D eigenvalue weighted by molar-refractivity contribution is -0.205. The van der Waals surface area contributed by atoms with Gasteiger partial charge in [0, 0.05) is 17.8 Å². The van der Waals surface area contributed by atoms with E-state index in [1.165, 1.54) is 0 Å². The summed E-state index contributed by atoms with van der Waals surface area (Å²) in [4.78, 5) is 25.4. The van der Waals surface area contributed by atoms with Crippen molar-refractivity contribution in [2.24, 2.45) is 22.7 Å². The number of ether oxygens (including phenoxy) is 1. The average molecular weight is 332 g/mol. The molecular weight excluding hydrogens is 304 g/mol. The first-order valence-electron chi connectivity index (χ1n) is 9.23. The Hall–Kier alpha value is -1.00. The number of aliphatic hydroxyl groups excluding tert-OH is 1. The maximum absolute atomic E-state index is 13.0. The molecule has 0 aromatic heterocycles. The van der Waals surface area contributed by atoms with Gasteiger partial charge in [-0.25, -0.2) is 0 Å². The van der Waals surface area contributed by atoms with E-state index in [4.69, 9.17) is 4.74 Å². The van der Waals surface area contributed by atoms with Gasteiger partial charge >= 0.3 is 0 Å². The minimum atomic E-state index is -0.882. The number of fused-ring (bicyclic) bond motifs is 3. The fraction of sp³-hybridized carbons (Fsp3) is 0.800. The molecule has 2 bridgehead atoms. The van der Waals surface area contributed by atoms with Crippen LogP contribution in [0.2, 0.25) is 0 Å². The average Bonchev–Trinajstić information content (AvgIpc) is 2.60. The largest absolute Gasteiger partial charge is 0.385 e. The van der Waals surface area contributed by atoms with E-state index in [1.807, 2.05) is 13.8 Å². The van der Waals surface area contributed by atoms with Gasteiger partial charge in [0.2, 0.25) is 0 Å². The predicted molar refractivity (Wildman–Crippen MR) is 89.3 cm³/mol. The molecule has 0 radical (unpaired) electrons. The van der Waals surface area contributed by atoms with Crippen LogP contribution in [0.3, 0.4) is 0 Å². The number of rotatable bonds is 0. The predicted octanol–water partition coefficient (Wildman–Crippen LogP) is 2.83. The Balaban J connectivity index is 1.77. The van der Waals surface area contributed by atoms with E-state index >= 15 is 0 Å². The highest BCUT2D eigenvalue weighted by Crippen LogP contribution is 2.66. The van der Waals surface area contributed by atoms with Gasteiger partial charge in [-0.15, -0.1) is 0 Å². The van der Waals surface area contributed by atoms with Crippen molar-refractivity contribution in [3.63, 3.8) is 0 Å². The molecule has 1 aliphatic heterocycles. The number of ketones is 2. The topological polar surface area (TPSA) is 63.6 Å². The van der Waals surface area contributed by atoms with E-state index in [-0.39, 0.29) is 34.9 Å². The first-order valence-corrected chi connectivity index (χ1v) is 9.23. The zero-order valence-electron chi connectivity index (χ0n) is 14.9. The lowest BCUT2D eigenvalue weighted by atomic mass is 9.41. The maximum Gasteiger partial charge on any atom is 0.168 e. The smallest absolute Gasteiger partial charge is 0.168 e. The van der Waals surface area contributed by atoms with Gasteiger partial charge in [-0.2, -0.15) is 0 Å². The monoisotopic (exact) mass is 332 g/mol. The molecule has 4 nitrogen and oxygen atoms in total. The van der Waals surface area contributed by atoms with Crippen molar-refractivity contribution in [3.05, 3.63) is 12.2 Å². The lowest BCUT2D eigenvalue weighted by Crippen LogP contribution is -2.65. The van der Waals surface area contributed by atoms with Crippen LogP contribution in [0.15, 0.2) is 12.2 Å². The number of hydrogen-bond acceptors (Lipinski definition) is 4. The summed E-state index contributed by atoms with van der Waals surface area (Å²) in [5, 5.41) is 10.4. The summed E-state index contributed by atoms with van der Waals surface area (Å²) in [5.74, 6) is 0.235. The second kappa shape index (κ2) is 4.79. The maximum atomic E-state index is 13.0. The van der Waals surface area contributed by atoms with E-state index < -0.39 is 17.1 Å². The molecule has 1 saturated heterocycles. The van der Waals surface area contributed by atoms with Gasteiger partial charge in [0.15, 0.2) is 11.6 Å². The number of aliphatic hydroxyl groups is 1. The molecule has 1 spiro atoms. The molecule has 4 aliphatic carbocycles. The Morgan fingerprint density at radius 3 is 2.62 bits per heavy atom. The summed E-state index contributed by atoms with van der Waals surface area (Å²) in [5.41, 5.74) is -0.381. The van der Waals surface area contributed by atoms with Gasteiger partial charge in [0.05, 0.1) is 6.10 Å². The molecule has 1 N–H and O–H groups in total. The van der Waals surface area contributed by atoms with E-state index in [0.717, 1.165) is 31.3 Å². The Bertz CT molecular complexity index is 636. The standard InChI is InChI=1S/C20H28O4/c1-11-10-20-8-6-15-19(4,7-5-14(21)18(2,3)24-15)13(20)9-12(11)16(22)17(20)23/h12-13,15-16,22H,1,5-10H2,2-4H3/t12-,13-,15-,16+,19-,20-/m0/s1. The minimum absolute atomic E-state index is 0.00660. The highest BCUT2D eigenvalue weighted by Gasteiger charge is 2.67. The minimum Gasteiger partial charge on any atom is -0.385 e. The second-order valence-electron chi connectivity index (χ2n) is 9.28. The molecule has 5 fully saturated rings. The SMILES string of the molecule is C=C1C[C@@]23CC[C@@H]4OC(C)(C)C(=O)CC[C@@]4(C)[C@@H]2C[C@@H]1[C@@H](O)C3=O. The van der Waals surface area contributed by atoms with Crippen LogP contribution >= 0.6 is 0 Å². The summed E-state index contributed by atoms with van der Waals surface area (Å²) in [7, 11) is 0. The van der Waals surface area contributed by atoms with E-state index in [1.54, 1.807) is 0 Å². The van der Waals surface area contributed by atoms with Gasteiger partial charge in [-0.1, -0.05) is 19.1 Å². The first-order chi connectivity index (χ1) is 11.1. The molecule has 0 aromatic carbocycles. The van der Waals surface area contributed by atoms with Crippen LogP contribution in [0.25, 0.3) is 0 Å². The van der Waals surface area contributed by atoms with E-state index in [9.17, 15) is 14.7 Å². The van der Waals surface area contributed by atoms with Gasteiger partial charge in [0.25, 0.3) is 0 Å². The summed E-state index contributed by atoms with van der Waals surface area (Å²) < 4.78 is 6.31. The van der Waals surface area contributed by atoms with Crippen LogP contribution in [-0.4, -0.2) is 34.5 Å². The molecule has 24 heavy (non-hydrogen) atoms. The van der Waals surface area contributed by atoms with Gasteiger partial charge in [-0.3, -0.25) is 9.59 Å². The Morgan fingerprint density at radius 1 is 1.21 bits per heavy atom. The van der Waals surface area contributed by atoms with Crippen LogP contribution in [0.4, 0.5) is 0 Å². The van der Waals surface area contributed by atoms with Crippen molar-refractivity contribution in [3.8, 4) is 0 Å². The third kappa shape index (κ3) is 1.87. The fourth-order valence-corrected chi connectivity index (χ4v) is 6.26. The van der Waals surface area contributed by atoms with Crippen molar-refractivity contribution in [1.29, 1.82) is 0 Å². The molecule has 5 rings (SSSR count). The fourth-order valence-electron chi connectivity index (χ4n) is 6.26. The number of carbonyl (C=O) groups excluding carboxylic acids is 2. The molecule has 6 atom stereocenters. The van der Waals surface area contributed by atoms with Crippen molar-refractivity contribution in [2.45, 2.75) is 77.1 Å². The van der Waals surface area contributed by atoms with Gasteiger partial charge in [0.1, 0.15) is 11.7 Å². The number of hydrogen-bond donors (Lipinski definition) is 1. The Kier molecular flexibility index (Phi) is 3.29. The number of carbonyl (C=O) groups is 2. The number of Topliss-reactive ketones (excluding diaryl/α,β-unsaturated/α-hetero) is 2. The molecule has 0 amide bonds. The van der Waals surface area contributed by atoms with Crippen molar-refractivity contribution >= 4 is 11.6 Å². The highest BCUT2D eigenvalue weighted by molar-refractivity contribution is 5.93. The summed E-state index contributed by atoms with van der Waals surface area (Å²) >= 11 is 0. The Labute approximate surface area is 143 Å². The third-order valence-electron chi connectivity index (χ3n) is 7.75. The van der Waals surface area contributed by atoms with Crippen LogP contribution in [0.5, 0.6) is 0 Å². The quantitative estimate of drug-likeness (QED) is 0.693. The molecule has 132 valence electrons. The van der Waals surface area contributed by atoms with Crippen LogP contribution in [0.1, 0.15) is 59.3 Å². The summed E-state index contributed by atoms with van der Waals surface area (Å²) in [6.45, 7) is 10.1. The lowest BCUT2D eigenvalue weighted by Gasteiger charge is -2.63. The molecule has 0 aromatic rings. The van der Waals surface area contributed by atoms with Crippen molar-refractivity contribution in [2.75, 3.05) is 0 Å².